The van der Waals surface area contributed by atoms with Gasteiger partial charge >= 0.3 is 0 Å². The average molecular weight is 427 g/mol. The minimum atomic E-state index is 0.199. The summed E-state index contributed by atoms with van der Waals surface area (Å²) in [4.78, 5) is 14.3. The minimum Gasteiger partial charge on any atom is -0.299 e. The van der Waals surface area contributed by atoms with Crippen LogP contribution in [0.5, 0.6) is 0 Å². The second-order valence-corrected chi connectivity index (χ2v) is 15.1. The molecule has 5 rings (SSSR count). The van der Waals surface area contributed by atoms with Gasteiger partial charge in [0.25, 0.3) is 0 Å². The van der Waals surface area contributed by atoms with E-state index in [0.29, 0.717) is 51.1 Å². The molecule has 0 aromatic rings. The molecule has 0 spiro atoms. The molecule has 0 aliphatic heterocycles. The fourth-order valence-electron chi connectivity index (χ4n) is 11.5. The van der Waals surface area contributed by atoms with E-state index in [2.05, 4.69) is 55.4 Å². The maximum atomic E-state index is 14.3. The van der Waals surface area contributed by atoms with Gasteiger partial charge in [-0.25, -0.2) is 0 Å². The van der Waals surface area contributed by atoms with Gasteiger partial charge in [-0.1, -0.05) is 61.8 Å². The lowest BCUT2D eigenvalue weighted by Gasteiger charge is -2.72. The van der Waals surface area contributed by atoms with Crippen LogP contribution >= 0.6 is 0 Å². The van der Waals surface area contributed by atoms with E-state index in [0.717, 1.165) is 18.3 Å². The summed E-state index contributed by atoms with van der Waals surface area (Å²) in [6.07, 6.45) is 13.1. The molecule has 5 aliphatic carbocycles. The SMILES string of the molecule is CC(C)[C@@H]1CC[C@]2(C)CC[C@]3(C)[C@H](C(=O)C[C@H]4[C@@]5(C)CCCC(C)(C)[C@H]5CC[C@]43C)[C@@H]12. The van der Waals surface area contributed by atoms with Crippen LogP contribution in [0.1, 0.15) is 120 Å². The molecule has 31 heavy (non-hydrogen) atoms. The molecule has 0 radical (unpaired) electrons. The van der Waals surface area contributed by atoms with Gasteiger partial charge in [0.2, 0.25) is 0 Å². The third-order valence-electron chi connectivity index (χ3n) is 13.3. The summed E-state index contributed by atoms with van der Waals surface area (Å²) in [6, 6.07) is 0. The van der Waals surface area contributed by atoms with Crippen LogP contribution in [0.25, 0.3) is 0 Å². The molecule has 9 atom stereocenters. The fraction of sp³-hybridized carbons (Fsp3) is 0.967. The number of hydrogen-bond acceptors (Lipinski definition) is 1. The molecule has 5 aliphatic rings. The van der Waals surface area contributed by atoms with E-state index in [9.17, 15) is 4.79 Å². The summed E-state index contributed by atoms with van der Waals surface area (Å²) < 4.78 is 0. The average Bonchev–Trinajstić information content (AvgIpc) is 3.01. The molecule has 0 N–H and O–H groups in total. The van der Waals surface area contributed by atoms with Crippen molar-refractivity contribution in [2.45, 2.75) is 120 Å². The van der Waals surface area contributed by atoms with Gasteiger partial charge in [-0.2, -0.15) is 0 Å². The molecule has 1 heteroatoms. The standard InChI is InChI=1S/C30H50O/c1-19(2)20-10-14-27(5)16-17-30(8)25(24(20)27)21(31)18-23-28(6)13-9-12-26(3,4)22(28)11-15-29(23,30)7/h19-20,22-25H,9-18H2,1-8H3/t20-,22+,23-,24+,25+,27+,28-,29+,30+/m0/s1. The van der Waals surface area contributed by atoms with E-state index < -0.39 is 0 Å². The zero-order valence-corrected chi connectivity index (χ0v) is 21.9. The van der Waals surface area contributed by atoms with Gasteiger partial charge in [0.05, 0.1) is 0 Å². The molecule has 0 amide bonds. The van der Waals surface area contributed by atoms with E-state index in [4.69, 9.17) is 0 Å². The normalized spacial score (nSPS) is 55.9. The molecule has 5 fully saturated rings. The van der Waals surface area contributed by atoms with Crippen molar-refractivity contribution in [1.82, 2.24) is 0 Å². The second kappa shape index (κ2) is 6.63. The first-order chi connectivity index (χ1) is 14.3. The largest absolute Gasteiger partial charge is 0.299 e. The number of hydrogen-bond donors (Lipinski definition) is 0. The Morgan fingerprint density at radius 2 is 1.48 bits per heavy atom. The summed E-state index contributed by atoms with van der Waals surface area (Å²) in [5, 5.41) is 0. The second-order valence-electron chi connectivity index (χ2n) is 15.1. The Hall–Kier alpha value is -0.330. The highest BCUT2D eigenvalue weighted by molar-refractivity contribution is 5.84. The Bertz CT molecular complexity index is 764. The van der Waals surface area contributed by atoms with Crippen molar-refractivity contribution in [3.63, 3.8) is 0 Å². The Morgan fingerprint density at radius 3 is 2.16 bits per heavy atom. The summed E-state index contributed by atoms with van der Waals surface area (Å²) in [5.41, 5.74) is 1.73. The molecular formula is C30H50O. The molecule has 176 valence electrons. The zero-order chi connectivity index (χ0) is 22.6. The zero-order valence-electron chi connectivity index (χ0n) is 21.9. The Labute approximate surface area is 192 Å². The lowest BCUT2D eigenvalue weighted by Crippen LogP contribution is -2.67. The summed E-state index contributed by atoms with van der Waals surface area (Å²) in [5.74, 6) is 4.47. The highest BCUT2D eigenvalue weighted by Crippen LogP contribution is 2.76. The van der Waals surface area contributed by atoms with Gasteiger partial charge in [0.1, 0.15) is 5.78 Å². The Kier molecular flexibility index (Phi) is 4.80. The van der Waals surface area contributed by atoms with E-state index in [-0.39, 0.29) is 5.41 Å². The van der Waals surface area contributed by atoms with Gasteiger partial charge in [0, 0.05) is 12.3 Å². The van der Waals surface area contributed by atoms with Crippen LogP contribution in [0.2, 0.25) is 0 Å². The van der Waals surface area contributed by atoms with E-state index in [1.165, 1.54) is 57.8 Å². The molecule has 0 saturated heterocycles. The van der Waals surface area contributed by atoms with Crippen LogP contribution in [0.15, 0.2) is 0 Å². The smallest absolute Gasteiger partial charge is 0.137 e. The van der Waals surface area contributed by atoms with Crippen molar-refractivity contribution in [2.75, 3.05) is 0 Å². The van der Waals surface area contributed by atoms with Crippen molar-refractivity contribution in [3.8, 4) is 0 Å². The van der Waals surface area contributed by atoms with Crippen molar-refractivity contribution in [2.24, 2.45) is 62.6 Å². The minimum absolute atomic E-state index is 0.199. The van der Waals surface area contributed by atoms with E-state index >= 15 is 0 Å². The maximum Gasteiger partial charge on any atom is 0.137 e. The first-order valence-electron chi connectivity index (χ1n) is 13.8. The maximum absolute atomic E-state index is 14.3. The molecule has 0 unspecified atom stereocenters. The molecule has 1 nitrogen and oxygen atoms in total. The third kappa shape index (κ3) is 2.70. The molecule has 5 saturated carbocycles. The summed E-state index contributed by atoms with van der Waals surface area (Å²) in [7, 11) is 0. The highest BCUT2D eigenvalue weighted by Gasteiger charge is 2.71. The molecule has 0 heterocycles. The fourth-order valence-corrected chi connectivity index (χ4v) is 11.5. The van der Waals surface area contributed by atoms with Crippen molar-refractivity contribution < 1.29 is 4.79 Å². The first kappa shape index (κ1) is 22.5. The Morgan fingerprint density at radius 1 is 0.774 bits per heavy atom. The lowest BCUT2D eigenvalue weighted by molar-refractivity contribution is -0.229. The topological polar surface area (TPSA) is 17.1 Å². The van der Waals surface area contributed by atoms with Crippen LogP contribution in [0, 0.1) is 62.6 Å². The summed E-state index contributed by atoms with van der Waals surface area (Å²) in [6.45, 7) is 20.4. The van der Waals surface area contributed by atoms with E-state index in [1.54, 1.807) is 0 Å². The van der Waals surface area contributed by atoms with Crippen LogP contribution in [0.4, 0.5) is 0 Å². The quantitative estimate of drug-likeness (QED) is 0.412. The van der Waals surface area contributed by atoms with Gasteiger partial charge in [-0.05, 0) is 108 Å². The van der Waals surface area contributed by atoms with Crippen molar-refractivity contribution in [1.29, 1.82) is 0 Å². The van der Waals surface area contributed by atoms with Crippen LogP contribution in [0.3, 0.4) is 0 Å². The van der Waals surface area contributed by atoms with Gasteiger partial charge in [0.15, 0.2) is 0 Å². The van der Waals surface area contributed by atoms with Gasteiger partial charge in [-0.15, -0.1) is 0 Å². The monoisotopic (exact) mass is 426 g/mol. The molecular weight excluding hydrogens is 376 g/mol. The molecule has 0 bridgehead atoms. The number of fused-ring (bicyclic) bond motifs is 7. The van der Waals surface area contributed by atoms with E-state index in [1.807, 2.05) is 0 Å². The number of carbonyl (C=O) groups is 1. The van der Waals surface area contributed by atoms with Gasteiger partial charge in [-0.3, -0.25) is 4.79 Å². The number of rotatable bonds is 1. The summed E-state index contributed by atoms with van der Waals surface area (Å²) >= 11 is 0. The third-order valence-corrected chi connectivity index (χ3v) is 13.3. The lowest BCUT2D eigenvalue weighted by atomic mass is 9.32. The molecule has 0 aromatic carbocycles. The Balaban J connectivity index is 1.59. The molecule has 0 aromatic heterocycles. The number of Topliss-reactive ketones (excluding diaryl/α,β-unsaturated/α-hetero) is 1. The van der Waals surface area contributed by atoms with Gasteiger partial charge < -0.3 is 0 Å². The van der Waals surface area contributed by atoms with Crippen LogP contribution < -0.4 is 0 Å². The first-order valence-corrected chi connectivity index (χ1v) is 13.8. The van der Waals surface area contributed by atoms with Crippen LogP contribution in [-0.2, 0) is 4.79 Å². The predicted molar refractivity (Wildman–Crippen MR) is 130 cm³/mol. The predicted octanol–water partition coefficient (Wildman–Crippen LogP) is 8.31. The number of ketones is 1. The van der Waals surface area contributed by atoms with Crippen molar-refractivity contribution in [3.05, 3.63) is 0 Å². The number of carbonyl (C=O) groups excluding carboxylic acids is 1. The van der Waals surface area contributed by atoms with Crippen LogP contribution in [-0.4, -0.2) is 5.78 Å². The highest BCUT2D eigenvalue weighted by atomic mass is 16.1. The van der Waals surface area contributed by atoms with Crippen molar-refractivity contribution >= 4 is 5.78 Å².